The third kappa shape index (κ3) is 3.28. The van der Waals surface area contributed by atoms with Crippen molar-refractivity contribution in [2.24, 2.45) is 0 Å². The van der Waals surface area contributed by atoms with Gasteiger partial charge in [-0.15, -0.1) is 0 Å². The highest BCUT2D eigenvalue weighted by Gasteiger charge is 2.29. The molecule has 3 aromatic carbocycles. The Morgan fingerprint density at radius 1 is 0.852 bits per heavy atom. The second-order valence-electron chi connectivity index (χ2n) is 7.36. The summed E-state index contributed by atoms with van der Waals surface area (Å²) in [5.41, 5.74) is 6.74. The first-order valence-electron chi connectivity index (χ1n) is 9.37. The summed E-state index contributed by atoms with van der Waals surface area (Å²) in [4.78, 5) is 0. The average molecular weight is 358 g/mol. The van der Waals surface area contributed by atoms with Crippen molar-refractivity contribution in [2.45, 2.75) is 32.8 Å². The molecule has 0 saturated heterocycles. The molecule has 1 unspecified atom stereocenters. The van der Waals surface area contributed by atoms with Crippen LogP contribution < -0.4 is 4.74 Å². The van der Waals surface area contributed by atoms with Gasteiger partial charge in [0.25, 0.3) is 0 Å². The quantitative estimate of drug-likeness (QED) is 0.489. The van der Waals surface area contributed by atoms with E-state index in [9.17, 15) is 4.39 Å². The SMILES string of the molecule is CC1=C(c2ccc(F)cc2)C(c2ccc(C(C)C)cc2)Oc2ccccc21. The lowest BCUT2D eigenvalue weighted by atomic mass is 9.85. The van der Waals surface area contributed by atoms with Crippen molar-refractivity contribution in [3.8, 4) is 5.75 Å². The third-order valence-corrected chi connectivity index (χ3v) is 5.26. The van der Waals surface area contributed by atoms with Gasteiger partial charge in [0.15, 0.2) is 0 Å². The van der Waals surface area contributed by atoms with E-state index in [2.05, 4.69) is 51.1 Å². The number of allylic oxidation sites excluding steroid dienone is 1. The second-order valence-corrected chi connectivity index (χ2v) is 7.36. The van der Waals surface area contributed by atoms with Crippen molar-refractivity contribution < 1.29 is 9.13 Å². The molecule has 1 nitrogen and oxygen atoms in total. The van der Waals surface area contributed by atoms with Gasteiger partial charge in [0.2, 0.25) is 0 Å². The maximum Gasteiger partial charge on any atom is 0.150 e. The van der Waals surface area contributed by atoms with E-state index >= 15 is 0 Å². The Hall–Kier alpha value is -2.87. The molecule has 0 fully saturated rings. The first kappa shape index (κ1) is 17.5. The zero-order valence-corrected chi connectivity index (χ0v) is 15.9. The fraction of sp³-hybridized carbons (Fsp3) is 0.200. The highest BCUT2D eigenvalue weighted by molar-refractivity contribution is 5.95. The number of para-hydroxylation sites is 1. The molecule has 1 aliphatic rings. The van der Waals surface area contributed by atoms with E-state index in [1.165, 1.54) is 23.3 Å². The topological polar surface area (TPSA) is 9.23 Å². The Morgan fingerprint density at radius 2 is 1.52 bits per heavy atom. The minimum absolute atomic E-state index is 0.216. The number of benzene rings is 3. The molecular weight excluding hydrogens is 335 g/mol. The smallest absolute Gasteiger partial charge is 0.150 e. The van der Waals surface area contributed by atoms with Crippen LogP contribution in [-0.2, 0) is 0 Å². The lowest BCUT2D eigenvalue weighted by molar-refractivity contribution is 0.260. The fourth-order valence-corrected chi connectivity index (χ4v) is 3.69. The second kappa shape index (κ2) is 7.03. The van der Waals surface area contributed by atoms with E-state index in [1.807, 2.05) is 30.3 Å². The summed E-state index contributed by atoms with van der Waals surface area (Å²) in [6, 6.07) is 23.4. The Kier molecular flexibility index (Phi) is 4.57. The van der Waals surface area contributed by atoms with Gasteiger partial charge in [0, 0.05) is 11.1 Å². The molecular formula is C25H23FO. The number of halogens is 1. The van der Waals surface area contributed by atoms with Gasteiger partial charge in [-0.1, -0.05) is 68.4 Å². The van der Waals surface area contributed by atoms with Crippen LogP contribution in [0.1, 0.15) is 55.0 Å². The molecule has 136 valence electrons. The molecule has 0 bridgehead atoms. The first-order chi connectivity index (χ1) is 13.0. The maximum absolute atomic E-state index is 13.5. The van der Waals surface area contributed by atoms with Crippen molar-refractivity contribution in [2.75, 3.05) is 0 Å². The highest BCUT2D eigenvalue weighted by atomic mass is 19.1. The van der Waals surface area contributed by atoms with E-state index in [0.717, 1.165) is 28.0 Å². The van der Waals surface area contributed by atoms with Crippen LogP contribution in [0.3, 0.4) is 0 Å². The Bertz CT molecular complexity index is 982. The van der Waals surface area contributed by atoms with Gasteiger partial charge < -0.3 is 4.74 Å². The van der Waals surface area contributed by atoms with Gasteiger partial charge in [-0.05, 0) is 53.3 Å². The van der Waals surface area contributed by atoms with E-state index in [4.69, 9.17) is 4.74 Å². The molecule has 4 rings (SSSR count). The molecule has 0 amide bonds. The Balaban J connectivity index is 1.86. The number of fused-ring (bicyclic) bond motifs is 1. The maximum atomic E-state index is 13.5. The standard InChI is InChI=1S/C25H23FO/c1-16(2)18-8-10-20(11-9-18)25-24(19-12-14-21(26)15-13-19)17(3)22-6-4-5-7-23(22)27-25/h4-16,25H,1-3H3. The predicted octanol–water partition coefficient (Wildman–Crippen LogP) is 7.01. The summed E-state index contributed by atoms with van der Waals surface area (Å²) in [6.45, 7) is 6.50. The van der Waals surface area contributed by atoms with Crippen molar-refractivity contribution in [3.05, 3.63) is 101 Å². The molecule has 0 spiro atoms. The molecule has 3 aromatic rings. The van der Waals surface area contributed by atoms with Crippen molar-refractivity contribution in [1.29, 1.82) is 0 Å². The lowest BCUT2D eigenvalue weighted by Crippen LogP contribution is -2.16. The van der Waals surface area contributed by atoms with Crippen molar-refractivity contribution in [1.82, 2.24) is 0 Å². The summed E-state index contributed by atoms with van der Waals surface area (Å²) in [5.74, 6) is 1.15. The van der Waals surface area contributed by atoms with Crippen molar-refractivity contribution in [3.63, 3.8) is 0 Å². The Labute approximate surface area is 160 Å². The van der Waals surface area contributed by atoms with Gasteiger partial charge in [-0.3, -0.25) is 0 Å². The lowest BCUT2D eigenvalue weighted by Gasteiger charge is -2.31. The predicted molar refractivity (Wildman–Crippen MR) is 109 cm³/mol. The van der Waals surface area contributed by atoms with Crippen LogP contribution >= 0.6 is 0 Å². The van der Waals surface area contributed by atoms with Crippen LogP contribution in [0.15, 0.2) is 72.8 Å². The fourth-order valence-electron chi connectivity index (χ4n) is 3.69. The van der Waals surface area contributed by atoms with E-state index < -0.39 is 0 Å². The van der Waals surface area contributed by atoms with Gasteiger partial charge >= 0.3 is 0 Å². The zero-order chi connectivity index (χ0) is 19.0. The van der Waals surface area contributed by atoms with Crippen LogP contribution in [0.2, 0.25) is 0 Å². The number of ether oxygens (including phenoxy) is 1. The van der Waals surface area contributed by atoms with Gasteiger partial charge in [-0.25, -0.2) is 4.39 Å². The molecule has 27 heavy (non-hydrogen) atoms. The summed E-state index contributed by atoms with van der Waals surface area (Å²) in [5, 5.41) is 0. The third-order valence-electron chi connectivity index (χ3n) is 5.26. The van der Waals surface area contributed by atoms with Crippen molar-refractivity contribution >= 4 is 11.1 Å². The molecule has 0 radical (unpaired) electrons. The molecule has 1 aliphatic heterocycles. The first-order valence-corrected chi connectivity index (χ1v) is 9.37. The molecule has 0 N–H and O–H groups in total. The van der Waals surface area contributed by atoms with Crippen LogP contribution in [-0.4, -0.2) is 0 Å². The molecule has 2 heteroatoms. The summed E-state index contributed by atoms with van der Waals surface area (Å²) < 4.78 is 19.9. The van der Waals surface area contributed by atoms with Gasteiger partial charge in [-0.2, -0.15) is 0 Å². The van der Waals surface area contributed by atoms with Gasteiger partial charge in [0.05, 0.1) is 0 Å². The Morgan fingerprint density at radius 3 is 2.19 bits per heavy atom. The minimum Gasteiger partial charge on any atom is -0.480 e. The largest absolute Gasteiger partial charge is 0.480 e. The van der Waals surface area contributed by atoms with Crippen LogP contribution in [0.25, 0.3) is 11.1 Å². The molecule has 0 aromatic heterocycles. The molecule has 1 heterocycles. The average Bonchev–Trinajstić information content (AvgIpc) is 2.69. The van der Waals surface area contributed by atoms with Crippen LogP contribution in [0.5, 0.6) is 5.75 Å². The normalized spacial score (nSPS) is 16.3. The molecule has 0 saturated carbocycles. The molecule has 1 atom stereocenters. The zero-order valence-electron chi connectivity index (χ0n) is 15.9. The summed E-state index contributed by atoms with van der Waals surface area (Å²) in [6.07, 6.45) is -0.216. The minimum atomic E-state index is -0.230. The van der Waals surface area contributed by atoms with E-state index in [1.54, 1.807) is 0 Å². The van der Waals surface area contributed by atoms with E-state index in [-0.39, 0.29) is 11.9 Å². The van der Waals surface area contributed by atoms with Crippen LogP contribution in [0.4, 0.5) is 4.39 Å². The van der Waals surface area contributed by atoms with E-state index in [0.29, 0.717) is 5.92 Å². The summed E-state index contributed by atoms with van der Waals surface area (Å²) >= 11 is 0. The monoisotopic (exact) mass is 358 g/mol. The summed E-state index contributed by atoms with van der Waals surface area (Å²) in [7, 11) is 0. The van der Waals surface area contributed by atoms with Gasteiger partial charge in [0.1, 0.15) is 17.7 Å². The number of hydrogen-bond donors (Lipinski definition) is 0. The highest BCUT2D eigenvalue weighted by Crippen LogP contribution is 2.46. The number of rotatable bonds is 3. The molecule has 0 aliphatic carbocycles. The number of hydrogen-bond acceptors (Lipinski definition) is 1. The van der Waals surface area contributed by atoms with Crippen LogP contribution in [0, 0.1) is 5.82 Å².